The monoisotopic (exact) mass is 324 g/mol. The average molecular weight is 324 g/mol. The van der Waals surface area contributed by atoms with Crippen molar-refractivity contribution < 1.29 is 14.3 Å². The SMILES string of the molecule is [2H]C1([2H])CC(C2CCC(c3ccc(F)c(F)c3)CC2)CC([2H])([2H])C1CCC. The highest BCUT2D eigenvalue weighted by molar-refractivity contribution is 5.22. The van der Waals surface area contributed by atoms with Crippen molar-refractivity contribution in [2.75, 3.05) is 0 Å². The second-order valence-electron chi connectivity index (χ2n) is 7.20. The Labute approximate surface area is 145 Å². The van der Waals surface area contributed by atoms with Gasteiger partial charge in [-0.3, -0.25) is 0 Å². The molecule has 2 fully saturated rings. The Morgan fingerprint density at radius 3 is 2.22 bits per heavy atom. The van der Waals surface area contributed by atoms with Crippen LogP contribution in [0.25, 0.3) is 0 Å². The molecular weight excluding hydrogens is 290 g/mol. The third-order valence-electron chi connectivity index (χ3n) is 5.68. The summed E-state index contributed by atoms with van der Waals surface area (Å²) in [6.07, 6.45) is 2.91. The third-order valence-corrected chi connectivity index (χ3v) is 5.68. The van der Waals surface area contributed by atoms with Gasteiger partial charge in [0.1, 0.15) is 0 Å². The topological polar surface area (TPSA) is 0 Å². The van der Waals surface area contributed by atoms with E-state index in [1.807, 2.05) is 6.92 Å². The van der Waals surface area contributed by atoms with E-state index < -0.39 is 30.3 Å². The molecule has 2 aliphatic rings. The molecule has 0 amide bonds. The number of rotatable bonds is 4. The van der Waals surface area contributed by atoms with Crippen LogP contribution in [0.1, 0.15) is 88.0 Å². The van der Waals surface area contributed by atoms with E-state index in [1.54, 1.807) is 6.07 Å². The molecule has 0 nitrogen and oxygen atoms in total. The summed E-state index contributed by atoms with van der Waals surface area (Å²) in [6, 6.07) is 4.15. The highest BCUT2D eigenvalue weighted by Crippen LogP contribution is 2.44. The number of benzene rings is 1. The lowest BCUT2D eigenvalue weighted by atomic mass is 9.68. The Balaban J connectivity index is 1.65. The molecule has 0 unspecified atom stereocenters. The Kier molecular flexibility index (Phi) is 4.20. The van der Waals surface area contributed by atoms with Gasteiger partial charge in [0.15, 0.2) is 11.6 Å². The molecule has 2 heteroatoms. The van der Waals surface area contributed by atoms with Crippen molar-refractivity contribution in [3.8, 4) is 0 Å². The first-order valence-electron chi connectivity index (χ1n) is 11.1. The van der Waals surface area contributed by atoms with Crippen LogP contribution >= 0.6 is 0 Å². The summed E-state index contributed by atoms with van der Waals surface area (Å²) in [6.45, 7) is 1.98. The van der Waals surface area contributed by atoms with Crippen LogP contribution in [0.2, 0.25) is 0 Å². The summed E-state index contributed by atoms with van der Waals surface area (Å²) < 4.78 is 60.5. The van der Waals surface area contributed by atoms with Crippen LogP contribution in [0.15, 0.2) is 18.2 Å². The van der Waals surface area contributed by atoms with Gasteiger partial charge in [0.2, 0.25) is 0 Å². The standard InChI is InChI=1S/C21H30F2/c1-2-3-15-4-6-16(7-5-15)17-8-10-18(11-9-17)19-12-13-20(22)21(23)14-19/h12-18H,2-11H2,1H3/i4D2,5D2. The van der Waals surface area contributed by atoms with Gasteiger partial charge in [-0.1, -0.05) is 38.6 Å². The van der Waals surface area contributed by atoms with Gasteiger partial charge in [-0.05, 0) is 79.9 Å². The van der Waals surface area contributed by atoms with E-state index in [-0.39, 0.29) is 11.8 Å². The smallest absolute Gasteiger partial charge is 0.159 e. The van der Waals surface area contributed by atoms with Crippen molar-refractivity contribution in [2.24, 2.45) is 17.8 Å². The fourth-order valence-electron chi connectivity index (χ4n) is 4.25. The summed E-state index contributed by atoms with van der Waals surface area (Å²) >= 11 is 0. The third kappa shape index (κ3) is 4.14. The van der Waals surface area contributed by atoms with E-state index in [0.717, 1.165) is 37.7 Å². The molecule has 128 valence electrons. The molecule has 2 aliphatic carbocycles. The maximum atomic E-state index is 13.5. The van der Waals surface area contributed by atoms with Crippen molar-refractivity contribution in [1.82, 2.24) is 0 Å². The number of hydrogen-bond acceptors (Lipinski definition) is 0. The fraction of sp³-hybridized carbons (Fsp3) is 0.714. The van der Waals surface area contributed by atoms with Crippen molar-refractivity contribution >= 4 is 0 Å². The first kappa shape index (κ1) is 12.4. The van der Waals surface area contributed by atoms with Crippen molar-refractivity contribution in [2.45, 2.75) is 77.0 Å². The molecule has 2 saturated carbocycles. The lowest BCUT2D eigenvalue weighted by molar-refractivity contribution is 0.156. The molecule has 0 N–H and O–H groups in total. The Morgan fingerprint density at radius 2 is 1.61 bits per heavy atom. The van der Waals surface area contributed by atoms with Crippen LogP contribution in [0.4, 0.5) is 8.78 Å². The minimum Gasteiger partial charge on any atom is -0.204 e. The van der Waals surface area contributed by atoms with Crippen LogP contribution < -0.4 is 0 Å². The molecule has 23 heavy (non-hydrogen) atoms. The number of halogens is 2. The van der Waals surface area contributed by atoms with Gasteiger partial charge in [0.05, 0.1) is 0 Å². The summed E-state index contributed by atoms with van der Waals surface area (Å²) in [5.74, 6) is -1.55. The predicted molar refractivity (Wildman–Crippen MR) is 91.4 cm³/mol. The molecule has 0 saturated heterocycles. The van der Waals surface area contributed by atoms with E-state index in [1.165, 1.54) is 12.1 Å². The van der Waals surface area contributed by atoms with Crippen molar-refractivity contribution in [3.05, 3.63) is 35.4 Å². The zero-order valence-electron chi connectivity index (χ0n) is 18.0. The molecule has 0 spiro atoms. The zero-order chi connectivity index (χ0) is 19.8. The van der Waals surface area contributed by atoms with E-state index in [9.17, 15) is 8.78 Å². The molecule has 0 aromatic heterocycles. The van der Waals surface area contributed by atoms with Crippen LogP contribution in [0, 0.1) is 29.4 Å². The van der Waals surface area contributed by atoms with Gasteiger partial charge in [-0.2, -0.15) is 0 Å². The van der Waals surface area contributed by atoms with Crippen LogP contribution in [-0.4, -0.2) is 0 Å². The quantitative estimate of drug-likeness (QED) is 0.568. The molecule has 1 aromatic rings. The van der Waals surface area contributed by atoms with Gasteiger partial charge >= 0.3 is 0 Å². The molecule has 0 atom stereocenters. The molecule has 0 aliphatic heterocycles. The lowest BCUT2D eigenvalue weighted by Gasteiger charge is -2.38. The largest absolute Gasteiger partial charge is 0.204 e. The maximum absolute atomic E-state index is 13.5. The van der Waals surface area contributed by atoms with E-state index in [2.05, 4.69) is 0 Å². The predicted octanol–water partition coefficient (Wildman–Crippen LogP) is 6.85. The van der Waals surface area contributed by atoms with Gasteiger partial charge < -0.3 is 0 Å². The van der Waals surface area contributed by atoms with Crippen LogP contribution in [0.5, 0.6) is 0 Å². The first-order chi connectivity index (χ1) is 12.6. The molecular formula is C21H30F2. The maximum Gasteiger partial charge on any atom is 0.159 e. The summed E-state index contributed by atoms with van der Waals surface area (Å²) in [5, 5.41) is 0. The summed E-state index contributed by atoms with van der Waals surface area (Å²) in [4.78, 5) is 0. The minimum absolute atomic E-state index is 0.0639. The average Bonchev–Trinajstić information content (AvgIpc) is 2.60. The first-order valence-corrected chi connectivity index (χ1v) is 9.09. The van der Waals surface area contributed by atoms with Gasteiger partial charge in [-0.15, -0.1) is 0 Å². The van der Waals surface area contributed by atoms with Gasteiger partial charge in [0, 0.05) is 5.48 Å². The Morgan fingerprint density at radius 1 is 0.957 bits per heavy atom. The number of hydrogen-bond donors (Lipinski definition) is 0. The minimum atomic E-state index is -1.46. The molecule has 0 heterocycles. The highest BCUT2D eigenvalue weighted by Gasteiger charge is 2.31. The van der Waals surface area contributed by atoms with Crippen molar-refractivity contribution in [1.29, 1.82) is 0 Å². The second-order valence-corrected chi connectivity index (χ2v) is 7.20. The molecule has 1 aromatic carbocycles. The van der Waals surface area contributed by atoms with Crippen LogP contribution in [-0.2, 0) is 0 Å². The van der Waals surface area contributed by atoms with E-state index >= 15 is 0 Å². The Hall–Kier alpha value is -0.920. The van der Waals surface area contributed by atoms with E-state index in [0.29, 0.717) is 25.2 Å². The molecule has 0 radical (unpaired) electrons. The second kappa shape index (κ2) is 7.77. The fourth-order valence-corrected chi connectivity index (χ4v) is 4.25. The van der Waals surface area contributed by atoms with Gasteiger partial charge in [0.25, 0.3) is 0 Å². The highest BCUT2D eigenvalue weighted by atomic mass is 19.2. The summed E-state index contributed by atoms with van der Waals surface area (Å²) in [7, 11) is 0. The molecule has 3 rings (SSSR count). The zero-order valence-corrected chi connectivity index (χ0v) is 14.0. The molecule has 0 bridgehead atoms. The van der Waals surface area contributed by atoms with Crippen molar-refractivity contribution in [3.63, 3.8) is 0 Å². The normalized spacial score (nSPS) is 38.9. The lowest BCUT2D eigenvalue weighted by Crippen LogP contribution is -2.25. The van der Waals surface area contributed by atoms with Gasteiger partial charge in [-0.25, -0.2) is 8.78 Å². The summed E-state index contributed by atoms with van der Waals surface area (Å²) in [5.41, 5.74) is 0.838. The van der Waals surface area contributed by atoms with Crippen LogP contribution in [0.3, 0.4) is 0 Å². The van der Waals surface area contributed by atoms with E-state index in [4.69, 9.17) is 5.48 Å². The Bertz CT molecular complexity index is 636.